The highest BCUT2D eigenvalue weighted by Gasteiger charge is 2.08. The SMILES string of the molecule is CCCCCCC(C)Nc1nc2c(C)cccc2s1. The molecular formula is C16H24N2S. The number of anilines is 1. The van der Waals surface area contributed by atoms with Gasteiger partial charge in [0.05, 0.1) is 10.2 Å². The van der Waals surface area contributed by atoms with E-state index >= 15 is 0 Å². The highest BCUT2D eigenvalue weighted by molar-refractivity contribution is 7.22. The molecule has 104 valence electrons. The maximum Gasteiger partial charge on any atom is 0.184 e. The summed E-state index contributed by atoms with van der Waals surface area (Å²) in [5.74, 6) is 0. The van der Waals surface area contributed by atoms with E-state index in [-0.39, 0.29) is 0 Å². The van der Waals surface area contributed by atoms with Gasteiger partial charge in [0.2, 0.25) is 0 Å². The molecule has 1 heterocycles. The zero-order valence-corrected chi connectivity index (χ0v) is 13.0. The predicted octanol–water partition coefficient (Wildman–Crippen LogP) is 5.38. The van der Waals surface area contributed by atoms with E-state index in [4.69, 9.17) is 4.98 Å². The first-order valence-electron chi connectivity index (χ1n) is 7.33. The van der Waals surface area contributed by atoms with E-state index in [0.29, 0.717) is 6.04 Å². The molecule has 0 aliphatic carbocycles. The molecule has 2 nitrogen and oxygen atoms in total. The van der Waals surface area contributed by atoms with Crippen LogP contribution < -0.4 is 5.32 Å². The summed E-state index contributed by atoms with van der Waals surface area (Å²) in [4.78, 5) is 4.70. The molecule has 0 radical (unpaired) electrons. The number of aromatic nitrogens is 1. The summed E-state index contributed by atoms with van der Waals surface area (Å²) in [6.07, 6.45) is 6.55. The van der Waals surface area contributed by atoms with Crippen molar-refractivity contribution in [1.29, 1.82) is 0 Å². The van der Waals surface area contributed by atoms with Gasteiger partial charge < -0.3 is 5.32 Å². The number of nitrogens with one attached hydrogen (secondary N) is 1. The molecular weight excluding hydrogens is 252 g/mol. The summed E-state index contributed by atoms with van der Waals surface area (Å²) in [6.45, 7) is 6.63. The molecule has 0 fully saturated rings. The molecule has 2 aromatic rings. The van der Waals surface area contributed by atoms with Crippen LogP contribution in [0.5, 0.6) is 0 Å². The molecule has 3 heteroatoms. The van der Waals surface area contributed by atoms with Crippen LogP contribution in [-0.4, -0.2) is 11.0 Å². The molecule has 0 amide bonds. The quantitative estimate of drug-likeness (QED) is 0.687. The van der Waals surface area contributed by atoms with Gasteiger partial charge in [0.25, 0.3) is 0 Å². The highest BCUT2D eigenvalue weighted by Crippen LogP contribution is 2.28. The third-order valence-electron chi connectivity index (χ3n) is 3.48. The van der Waals surface area contributed by atoms with Crippen molar-refractivity contribution in [2.75, 3.05) is 5.32 Å². The standard InChI is InChI=1S/C16H24N2S/c1-4-5-6-7-10-13(3)17-16-18-15-12(2)9-8-11-14(15)19-16/h8-9,11,13H,4-7,10H2,1-3H3,(H,17,18). The monoisotopic (exact) mass is 276 g/mol. The van der Waals surface area contributed by atoms with E-state index in [1.807, 2.05) is 0 Å². The molecule has 0 aliphatic heterocycles. The number of nitrogens with zero attached hydrogens (tertiary/aromatic N) is 1. The van der Waals surface area contributed by atoms with Crippen molar-refractivity contribution in [1.82, 2.24) is 4.98 Å². The lowest BCUT2D eigenvalue weighted by atomic mass is 10.1. The molecule has 0 saturated carbocycles. The molecule has 0 saturated heterocycles. The van der Waals surface area contributed by atoms with Gasteiger partial charge in [-0.15, -0.1) is 0 Å². The maximum atomic E-state index is 4.70. The number of unbranched alkanes of at least 4 members (excludes halogenated alkanes) is 3. The van der Waals surface area contributed by atoms with Gasteiger partial charge in [0, 0.05) is 6.04 Å². The van der Waals surface area contributed by atoms with Crippen LogP contribution in [0.15, 0.2) is 18.2 Å². The van der Waals surface area contributed by atoms with Crippen molar-refractivity contribution in [3.63, 3.8) is 0 Å². The number of fused-ring (bicyclic) bond motifs is 1. The Kier molecular flexibility index (Phi) is 5.20. The van der Waals surface area contributed by atoms with Crippen LogP contribution in [0, 0.1) is 6.92 Å². The Morgan fingerprint density at radius 1 is 1.26 bits per heavy atom. The van der Waals surface area contributed by atoms with E-state index in [1.165, 1.54) is 42.4 Å². The number of hydrogen-bond acceptors (Lipinski definition) is 3. The van der Waals surface area contributed by atoms with Crippen molar-refractivity contribution in [3.05, 3.63) is 23.8 Å². The van der Waals surface area contributed by atoms with Gasteiger partial charge in [0.15, 0.2) is 5.13 Å². The van der Waals surface area contributed by atoms with Gasteiger partial charge in [-0.2, -0.15) is 0 Å². The van der Waals surface area contributed by atoms with Crippen molar-refractivity contribution in [2.24, 2.45) is 0 Å². The Hall–Kier alpha value is -1.09. The summed E-state index contributed by atoms with van der Waals surface area (Å²) < 4.78 is 1.28. The topological polar surface area (TPSA) is 24.9 Å². The molecule has 1 aromatic heterocycles. The van der Waals surface area contributed by atoms with E-state index in [0.717, 1.165) is 10.6 Å². The molecule has 2 rings (SSSR count). The van der Waals surface area contributed by atoms with Gasteiger partial charge in [-0.1, -0.05) is 56.1 Å². The van der Waals surface area contributed by atoms with Crippen molar-refractivity contribution in [2.45, 2.75) is 58.9 Å². The van der Waals surface area contributed by atoms with Crippen molar-refractivity contribution >= 4 is 26.7 Å². The van der Waals surface area contributed by atoms with Gasteiger partial charge in [-0.3, -0.25) is 0 Å². The lowest BCUT2D eigenvalue weighted by molar-refractivity contribution is 0.594. The second kappa shape index (κ2) is 6.90. The minimum atomic E-state index is 0.512. The molecule has 19 heavy (non-hydrogen) atoms. The Balaban J connectivity index is 1.92. The maximum absolute atomic E-state index is 4.70. The van der Waals surface area contributed by atoms with Gasteiger partial charge in [-0.25, -0.2) is 4.98 Å². The lowest BCUT2D eigenvalue weighted by Crippen LogP contribution is -2.14. The van der Waals surface area contributed by atoms with E-state index in [2.05, 4.69) is 44.3 Å². The fraction of sp³-hybridized carbons (Fsp3) is 0.562. The first kappa shape index (κ1) is 14.3. The average molecular weight is 276 g/mol. The first-order valence-corrected chi connectivity index (χ1v) is 8.15. The largest absolute Gasteiger partial charge is 0.359 e. The van der Waals surface area contributed by atoms with Crippen LogP contribution in [0.4, 0.5) is 5.13 Å². The number of para-hydroxylation sites is 1. The second-order valence-corrected chi connectivity index (χ2v) is 6.37. The molecule has 0 bridgehead atoms. The summed E-state index contributed by atoms with van der Waals surface area (Å²) >= 11 is 1.76. The fourth-order valence-corrected chi connectivity index (χ4v) is 3.36. The third-order valence-corrected chi connectivity index (χ3v) is 4.43. The molecule has 1 unspecified atom stereocenters. The van der Waals surface area contributed by atoms with Crippen LogP contribution in [0.2, 0.25) is 0 Å². The Morgan fingerprint density at radius 2 is 2.11 bits per heavy atom. The van der Waals surface area contributed by atoms with Gasteiger partial charge in [0.1, 0.15) is 0 Å². The minimum absolute atomic E-state index is 0.512. The average Bonchev–Trinajstić information content (AvgIpc) is 2.79. The first-order chi connectivity index (χ1) is 9.20. The molecule has 1 aromatic carbocycles. The molecule has 0 aliphatic rings. The number of rotatable bonds is 7. The third kappa shape index (κ3) is 3.93. The molecule has 0 spiro atoms. The predicted molar refractivity (Wildman–Crippen MR) is 86.2 cm³/mol. The number of benzene rings is 1. The zero-order valence-electron chi connectivity index (χ0n) is 12.2. The Labute approximate surface area is 120 Å². The fourth-order valence-electron chi connectivity index (χ4n) is 2.31. The van der Waals surface area contributed by atoms with E-state index in [1.54, 1.807) is 11.3 Å². The Morgan fingerprint density at radius 3 is 2.84 bits per heavy atom. The van der Waals surface area contributed by atoms with Crippen LogP contribution in [0.3, 0.4) is 0 Å². The van der Waals surface area contributed by atoms with Crippen molar-refractivity contribution < 1.29 is 0 Å². The summed E-state index contributed by atoms with van der Waals surface area (Å²) in [7, 11) is 0. The number of thiazole rings is 1. The van der Waals surface area contributed by atoms with Gasteiger partial charge >= 0.3 is 0 Å². The van der Waals surface area contributed by atoms with Crippen LogP contribution in [0.1, 0.15) is 51.5 Å². The summed E-state index contributed by atoms with van der Waals surface area (Å²) in [5, 5.41) is 4.61. The number of hydrogen-bond donors (Lipinski definition) is 1. The minimum Gasteiger partial charge on any atom is -0.359 e. The molecule has 1 N–H and O–H groups in total. The van der Waals surface area contributed by atoms with Crippen molar-refractivity contribution in [3.8, 4) is 0 Å². The molecule has 1 atom stereocenters. The van der Waals surface area contributed by atoms with E-state index < -0.39 is 0 Å². The van der Waals surface area contributed by atoms with Gasteiger partial charge in [-0.05, 0) is 31.9 Å². The van der Waals surface area contributed by atoms with Crippen LogP contribution >= 0.6 is 11.3 Å². The van der Waals surface area contributed by atoms with E-state index in [9.17, 15) is 0 Å². The summed E-state index contributed by atoms with van der Waals surface area (Å²) in [6, 6.07) is 6.89. The van der Waals surface area contributed by atoms with Crippen LogP contribution in [-0.2, 0) is 0 Å². The normalized spacial score (nSPS) is 12.8. The smallest absolute Gasteiger partial charge is 0.184 e. The zero-order chi connectivity index (χ0) is 13.7. The second-order valence-electron chi connectivity index (χ2n) is 5.34. The lowest BCUT2D eigenvalue weighted by Gasteiger charge is -2.12. The highest BCUT2D eigenvalue weighted by atomic mass is 32.1. The van der Waals surface area contributed by atoms with Crippen LogP contribution in [0.25, 0.3) is 10.2 Å². The summed E-state index contributed by atoms with van der Waals surface area (Å²) in [5.41, 5.74) is 2.41. The number of aryl methyl sites for hydroxylation is 1. The Bertz CT molecular complexity index is 518.